The maximum atomic E-state index is 12.9. The molecule has 4 N–H and O–H groups in total. The molecule has 12 heteroatoms. The van der Waals surface area contributed by atoms with E-state index >= 15 is 0 Å². The second kappa shape index (κ2) is 9.56. The number of carbonyl (C=O) groups excluding carboxylic acids is 1. The molecule has 0 spiro atoms. The van der Waals surface area contributed by atoms with Crippen LogP contribution in [0.2, 0.25) is 0 Å². The van der Waals surface area contributed by atoms with Gasteiger partial charge in [0.2, 0.25) is 5.95 Å². The van der Waals surface area contributed by atoms with Crippen molar-refractivity contribution < 1.29 is 18.0 Å². The van der Waals surface area contributed by atoms with Crippen LogP contribution in [0.3, 0.4) is 0 Å². The zero-order chi connectivity index (χ0) is 25.1. The molecule has 2 aromatic heterocycles. The standard InChI is InChI=1S/C24H21F3N8O/c25-24(26,27)15-3-1-4-16(13-15)31-23(36)32-18-6-2-5-17(14-18)30-22-28-11-9-20(33-22)35(19-7-8-19)21-10-12-29-34-21/h1-6,9-14,19H,7-8H2,(H,29,34)(H,28,30,33)(H2,31,32,36). The number of benzene rings is 2. The average Bonchev–Trinajstić information content (AvgIpc) is 3.52. The molecule has 36 heavy (non-hydrogen) atoms. The van der Waals surface area contributed by atoms with E-state index in [-0.39, 0.29) is 5.69 Å². The van der Waals surface area contributed by atoms with Crippen LogP contribution >= 0.6 is 0 Å². The summed E-state index contributed by atoms with van der Waals surface area (Å²) < 4.78 is 38.7. The summed E-state index contributed by atoms with van der Waals surface area (Å²) in [6, 6.07) is 14.6. The molecule has 0 saturated heterocycles. The van der Waals surface area contributed by atoms with Crippen molar-refractivity contribution in [2.24, 2.45) is 0 Å². The number of H-pyrrole nitrogens is 1. The SMILES string of the molecule is O=C(Nc1cccc(Nc2nccc(N(c3ccn[nH]3)C3CC3)n2)c1)Nc1cccc(C(F)(F)F)c1. The van der Waals surface area contributed by atoms with Crippen molar-refractivity contribution in [3.63, 3.8) is 0 Å². The second-order valence-electron chi connectivity index (χ2n) is 8.14. The van der Waals surface area contributed by atoms with Crippen LogP contribution in [0.4, 0.5) is 52.6 Å². The molecule has 0 unspecified atom stereocenters. The zero-order valence-corrected chi connectivity index (χ0v) is 18.8. The number of amides is 2. The highest BCUT2D eigenvalue weighted by Gasteiger charge is 2.32. The number of anilines is 6. The van der Waals surface area contributed by atoms with E-state index < -0.39 is 17.8 Å². The summed E-state index contributed by atoms with van der Waals surface area (Å²) in [5, 5.41) is 15.1. The minimum Gasteiger partial charge on any atom is -0.324 e. The van der Waals surface area contributed by atoms with Gasteiger partial charge in [-0.25, -0.2) is 9.78 Å². The Bertz CT molecular complexity index is 1360. The van der Waals surface area contributed by atoms with Gasteiger partial charge in [-0.1, -0.05) is 12.1 Å². The highest BCUT2D eigenvalue weighted by molar-refractivity contribution is 6.00. The third kappa shape index (κ3) is 5.54. The molecule has 5 rings (SSSR count). The molecule has 4 aromatic rings. The number of carbonyl (C=O) groups is 1. The third-order valence-electron chi connectivity index (χ3n) is 5.37. The van der Waals surface area contributed by atoms with Gasteiger partial charge in [0.05, 0.1) is 11.8 Å². The summed E-state index contributed by atoms with van der Waals surface area (Å²) in [4.78, 5) is 23.3. The number of alkyl halides is 3. The normalized spacial score (nSPS) is 13.2. The van der Waals surface area contributed by atoms with Crippen LogP contribution in [0.15, 0.2) is 73.1 Å². The van der Waals surface area contributed by atoms with E-state index in [2.05, 4.69) is 41.0 Å². The van der Waals surface area contributed by atoms with Crippen LogP contribution in [0.1, 0.15) is 18.4 Å². The Morgan fingerprint density at radius 1 is 0.944 bits per heavy atom. The van der Waals surface area contributed by atoms with Crippen molar-refractivity contribution in [1.29, 1.82) is 0 Å². The Hall–Kier alpha value is -4.61. The molecule has 2 heterocycles. The molecule has 0 radical (unpaired) electrons. The summed E-state index contributed by atoms with van der Waals surface area (Å²) in [6.07, 6.45) is 0.958. The Labute approximate surface area is 203 Å². The van der Waals surface area contributed by atoms with Gasteiger partial charge < -0.3 is 20.9 Å². The fraction of sp³-hybridized carbons (Fsp3) is 0.167. The topological polar surface area (TPSA) is 111 Å². The minimum atomic E-state index is -4.50. The fourth-order valence-corrected chi connectivity index (χ4v) is 3.64. The van der Waals surface area contributed by atoms with Gasteiger partial charge in [-0.3, -0.25) is 5.10 Å². The summed E-state index contributed by atoms with van der Waals surface area (Å²) >= 11 is 0. The number of urea groups is 1. The van der Waals surface area contributed by atoms with E-state index in [4.69, 9.17) is 0 Å². The molecule has 1 fully saturated rings. The van der Waals surface area contributed by atoms with Gasteiger partial charge in [0.1, 0.15) is 11.6 Å². The molecule has 2 aromatic carbocycles. The molecular formula is C24H21F3N8O. The van der Waals surface area contributed by atoms with Gasteiger partial charge in [0, 0.05) is 35.4 Å². The first-order chi connectivity index (χ1) is 17.3. The predicted molar refractivity (Wildman–Crippen MR) is 130 cm³/mol. The van der Waals surface area contributed by atoms with E-state index in [9.17, 15) is 18.0 Å². The quantitative estimate of drug-likeness (QED) is 0.254. The lowest BCUT2D eigenvalue weighted by molar-refractivity contribution is -0.137. The molecule has 184 valence electrons. The lowest BCUT2D eigenvalue weighted by Gasteiger charge is -2.21. The smallest absolute Gasteiger partial charge is 0.324 e. The van der Waals surface area contributed by atoms with E-state index in [1.54, 1.807) is 36.7 Å². The maximum Gasteiger partial charge on any atom is 0.416 e. The van der Waals surface area contributed by atoms with Gasteiger partial charge in [-0.05, 0) is 55.3 Å². The van der Waals surface area contributed by atoms with E-state index in [1.807, 2.05) is 12.1 Å². The molecule has 0 aliphatic heterocycles. The first kappa shape index (κ1) is 23.1. The molecule has 1 aliphatic carbocycles. The van der Waals surface area contributed by atoms with Gasteiger partial charge >= 0.3 is 12.2 Å². The number of nitrogens with one attached hydrogen (secondary N) is 4. The number of halogens is 3. The Balaban J connectivity index is 1.26. The van der Waals surface area contributed by atoms with Crippen LogP contribution in [-0.4, -0.2) is 32.2 Å². The predicted octanol–water partition coefficient (Wildman–Crippen LogP) is 5.91. The van der Waals surface area contributed by atoms with Crippen molar-refractivity contribution in [3.05, 3.63) is 78.6 Å². The first-order valence-electron chi connectivity index (χ1n) is 11.1. The summed E-state index contributed by atoms with van der Waals surface area (Å²) in [6.45, 7) is 0. The van der Waals surface area contributed by atoms with Crippen molar-refractivity contribution in [1.82, 2.24) is 20.2 Å². The summed E-state index contributed by atoms with van der Waals surface area (Å²) in [5.41, 5.74) is 0.224. The Morgan fingerprint density at radius 3 is 2.36 bits per heavy atom. The van der Waals surface area contributed by atoms with Crippen LogP contribution in [0.25, 0.3) is 0 Å². The van der Waals surface area contributed by atoms with Crippen molar-refractivity contribution >= 4 is 40.7 Å². The van der Waals surface area contributed by atoms with E-state index in [0.29, 0.717) is 29.2 Å². The average molecular weight is 494 g/mol. The van der Waals surface area contributed by atoms with Crippen LogP contribution in [0.5, 0.6) is 0 Å². The monoisotopic (exact) mass is 494 g/mol. The largest absolute Gasteiger partial charge is 0.416 e. The Morgan fingerprint density at radius 2 is 1.67 bits per heavy atom. The van der Waals surface area contributed by atoms with Crippen LogP contribution in [-0.2, 0) is 6.18 Å². The minimum absolute atomic E-state index is 0.0271. The van der Waals surface area contributed by atoms with Gasteiger partial charge in [-0.15, -0.1) is 0 Å². The molecule has 2 amide bonds. The summed E-state index contributed by atoms with van der Waals surface area (Å²) in [7, 11) is 0. The molecular weight excluding hydrogens is 473 g/mol. The molecule has 0 atom stereocenters. The van der Waals surface area contributed by atoms with E-state index in [1.165, 1.54) is 12.1 Å². The summed E-state index contributed by atoms with van der Waals surface area (Å²) in [5.74, 6) is 1.93. The number of aromatic nitrogens is 4. The lowest BCUT2D eigenvalue weighted by Crippen LogP contribution is -2.21. The Kier molecular flexibility index (Phi) is 6.15. The van der Waals surface area contributed by atoms with Gasteiger partial charge in [-0.2, -0.15) is 23.3 Å². The van der Waals surface area contributed by atoms with E-state index in [0.717, 1.165) is 30.8 Å². The maximum absolute atomic E-state index is 12.9. The van der Waals surface area contributed by atoms with Crippen molar-refractivity contribution in [2.45, 2.75) is 25.1 Å². The van der Waals surface area contributed by atoms with Crippen molar-refractivity contribution in [3.8, 4) is 0 Å². The number of aromatic amines is 1. The zero-order valence-electron chi connectivity index (χ0n) is 18.8. The number of nitrogens with zero attached hydrogens (tertiary/aromatic N) is 4. The molecule has 0 bridgehead atoms. The lowest BCUT2D eigenvalue weighted by atomic mass is 10.2. The highest BCUT2D eigenvalue weighted by atomic mass is 19.4. The number of rotatable bonds is 7. The first-order valence-corrected chi connectivity index (χ1v) is 11.1. The van der Waals surface area contributed by atoms with Crippen molar-refractivity contribution in [2.75, 3.05) is 20.9 Å². The molecule has 9 nitrogen and oxygen atoms in total. The molecule has 1 saturated carbocycles. The number of hydrogen-bond donors (Lipinski definition) is 4. The van der Waals surface area contributed by atoms with Gasteiger partial charge in [0.25, 0.3) is 0 Å². The second-order valence-corrected chi connectivity index (χ2v) is 8.14. The van der Waals surface area contributed by atoms with Crippen LogP contribution < -0.4 is 20.9 Å². The molecule has 1 aliphatic rings. The highest BCUT2D eigenvalue weighted by Crippen LogP contribution is 2.36. The number of hydrogen-bond acceptors (Lipinski definition) is 6. The van der Waals surface area contributed by atoms with Crippen LogP contribution in [0, 0.1) is 0 Å². The van der Waals surface area contributed by atoms with Gasteiger partial charge in [0.15, 0.2) is 0 Å². The third-order valence-corrected chi connectivity index (χ3v) is 5.37. The fourth-order valence-electron chi connectivity index (χ4n) is 3.64.